The average Bonchev–Trinajstić information content (AvgIpc) is 3.62. The number of nitrogens with zero attached hydrogens (tertiary/aromatic N) is 5. The van der Waals surface area contributed by atoms with Gasteiger partial charge in [0.2, 0.25) is 17.6 Å². The maximum atomic E-state index is 13.0. The van der Waals surface area contributed by atoms with Crippen molar-refractivity contribution in [1.29, 1.82) is 0 Å². The van der Waals surface area contributed by atoms with Crippen molar-refractivity contribution < 1.29 is 9.32 Å². The molecule has 0 spiro atoms. The van der Waals surface area contributed by atoms with E-state index in [2.05, 4.69) is 25.4 Å². The minimum atomic E-state index is -0.202. The van der Waals surface area contributed by atoms with Gasteiger partial charge in [-0.1, -0.05) is 35.1 Å². The molecule has 1 amide bonds. The van der Waals surface area contributed by atoms with Crippen LogP contribution in [0.1, 0.15) is 41.6 Å². The van der Waals surface area contributed by atoms with Crippen molar-refractivity contribution in [3.05, 3.63) is 81.9 Å². The molecule has 35 heavy (non-hydrogen) atoms. The number of carbonyl (C=O) groups is 1. The van der Waals surface area contributed by atoms with Crippen LogP contribution in [0.5, 0.6) is 0 Å². The van der Waals surface area contributed by atoms with Crippen LogP contribution >= 0.6 is 11.8 Å². The highest BCUT2D eigenvalue weighted by molar-refractivity contribution is 7.99. The third kappa shape index (κ3) is 4.25. The standard InChI is InChI=1S/C25H22N6O3S/c32-21(13-17-14-35-25-28-20-7-3-5-18(20)24(33)31(17)25)27-19-6-2-1-4-16(19)12-22-29-23(30-34-22)15-8-10-26-11-9-15/h1-2,4,6,8-11,17H,3,5,7,12-14H2,(H,27,32). The predicted octanol–water partition coefficient (Wildman–Crippen LogP) is 3.44. The summed E-state index contributed by atoms with van der Waals surface area (Å²) in [7, 11) is 0. The van der Waals surface area contributed by atoms with Gasteiger partial charge in [0.15, 0.2) is 5.16 Å². The number of pyridine rings is 1. The third-order valence-electron chi connectivity index (χ3n) is 6.33. The number of anilines is 1. The van der Waals surface area contributed by atoms with E-state index >= 15 is 0 Å². The lowest BCUT2D eigenvalue weighted by molar-refractivity contribution is -0.116. The molecule has 0 saturated heterocycles. The Labute approximate surface area is 205 Å². The number of hydrogen-bond acceptors (Lipinski definition) is 8. The molecule has 176 valence electrons. The molecule has 9 nitrogen and oxygen atoms in total. The van der Waals surface area contributed by atoms with Crippen molar-refractivity contribution in [2.24, 2.45) is 0 Å². The fourth-order valence-corrected chi connectivity index (χ4v) is 5.78. The van der Waals surface area contributed by atoms with Crippen molar-refractivity contribution in [2.45, 2.75) is 43.3 Å². The first-order chi connectivity index (χ1) is 17.2. The van der Waals surface area contributed by atoms with Crippen LogP contribution < -0.4 is 10.9 Å². The minimum absolute atomic E-state index is 0.0205. The minimum Gasteiger partial charge on any atom is -0.339 e. The normalized spacial score (nSPS) is 16.2. The van der Waals surface area contributed by atoms with E-state index in [1.807, 2.05) is 36.4 Å². The predicted molar refractivity (Wildman–Crippen MR) is 130 cm³/mol. The van der Waals surface area contributed by atoms with E-state index in [-0.39, 0.29) is 23.9 Å². The van der Waals surface area contributed by atoms with E-state index in [4.69, 9.17) is 4.52 Å². The van der Waals surface area contributed by atoms with Crippen LogP contribution in [0.25, 0.3) is 11.4 Å². The molecular formula is C25H22N6O3S. The number of thioether (sulfide) groups is 1. The van der Waals surface area contributed by atoms with E-state index in [9.17, 15) is 9.59 Å². The summed E-state index contributed by atoms with van der Waals surface area (Å²) in [5.41, 5.74) is 4.14. The first-order valence-electron chi connectivity index (χ1n) is 11.5. The summed E-state index contributed by atoms with van der Waals surface area (Å²) in [6.07, 6.45) is 6.55. The third-order valence-corrected chi connectivity index (χ3v) is 7.43. The van der Waals surface area contributed by atoms with Crippen molar-refractivity contribution >= 4 is 23.4 Å². The molecule has 0 saturated carbocycles. The molecule has 4 heterocycles. The second-order valence-corrected chi connectivity index (χ2v) is 9.63. The van der Waals surface area contributed by atoms with E-state index in [1.165, 1.54) is 0 Å². The van der Waals surface area contributed by atoms with Crippen molar-refractivity contribution in [1.82, 2.24) is 24.7 Å². The smallest absolute Gasteiger partial charge is 0.257 e. The zero-order chi connectivity index (χ0) is 23.8. The Bertz CT molecular complexity index is 1470. The van der Waals surface area contributed by atoms with Crippen LogP contribution in [-0.2, 0) is 24.1 Å². The van der Waals surface area contributed by atoms with Gasteiger partial charge >= 0.3 is 0 Å². The molecule has 0 bridgehead atoms. The van der Waals surface area contributed by atoms with E-state index in [0.29, 0.717) is 29.6 Å². The van der Waals surface area contributed by atoms with Gasteiger partial charge in [-0.25, -0.2) is 4.98 Å². The summed E-state index contributed by atoms with van der Waals surface area (Å²) in [6, 6.07) is 11.0. The molecule has 10 heteroatoms. The zero-order valence-electron chi connectivity index (χ0n) is 18.8. The lowest BCUT2D eigenvalue weighted by Crippen LogP contribution is -2.30. The van der Waals surface area contributed by atoms with Crippen LogP contribution in [-0.4, -0.2) is 36.3 Å². The highest BCUT2D eigenvalue weighted by atomic mass is 32.2. The van der Waals surface area contributed by atoms with Gasteiger partial charge in [-0.15, -0.1) is 0 Å². The molecule has 3 aromatic heterocycles. The number of hydrogen-bond donors (Lipinski definition) is 1. The van der Waals surface area contributed by atoms with E-state index < -0.39 is 0 Å². The Morgan fingerprint density at radius 2 is 2.00 bits per heavy atom. The van der Waals surface area contributed by atoms with Gasteiger partial charge in [-0.05, 0) is 43.0 Å². The maximum absolute atomic E-state index is 13.0. The summed E-state index contributed by atoms with van der Waals surface area (Å²) in [4.78, 5) is 39.2. The lowest BCUT2D eigenvalue weighted by Gasteiger charge is -2.15. The second kappa shape index (κ2) is 9.10. The van der Waals surface area contributed by atoms with Gasteiger partial charge < -0.3 is 9.84 Å². The molecule has 0 fully saturated rings. The number of para-hydroxylation sites is 1. The van der Waals surface area contributed by atoms with Crippen LogP contribution in [0.4, 0.5) is 5.69 Å². The van der Waals surface area contributed by atoms with E-state index in [1.54, 1.807) is 28.7 Å². The van der Waals surface area contributed by atoms with Crippen molar-refractivity contribution in [3.8, 4) is 11.4 Å². The number of nitrogens with one attached hydrogen (secondary N) is 1. The van der Waals surface area contributed by atoms with Crippen molar-refractivity contribution in [3.63, 3.8) is 0 Å². The number of rotatable bonds is 6. The summed E-state index contributed by atoms with van der Waals surface area (Å²) in [5.74, 6) is 1.46. The first kappa shape index (κ1) is 21.7. The number of benzene rings is 1. The molecular weight excluding hydrogens is 464 g/mol. The Balaban J connectivity index is 1.17. The Morgan fingerprint density at radius 1 is 1.14 bits per heavy atom. The van der Waals surface area contributed by atoms with Gasteiger partial charge in [0.05, 0.1) is 18.2 Å². The monoisotopic (exact) mass is 486 g/mol. The Hall–Kier alpha value is -3.79. The van der Waals surface area contributed by atoms with Crippen LogP contribution in [0.3, 0.4) is 0 Å². The van der Waals surface area contributed by atoms with Crippen LogP contribution in [0, 0.1) is 0 Å². The van der Waals surface area contributed by atoms with Crippen LogP contribution in [0.15, 0.2) is 63.3 Å². The first-order valence-corrected chi connectivity index (χ1v) is 12.5. The molecule has 0 radical (unpaired) electrons. The second-order valence-electron chi connectivity index (χ2n) is 8.65. The molecule has 1 atom stereocenters. The van der Waals surface area contributed by atoms with Gasteiger partial charge in [-0.2, -0.15) is 4.98 Å². The molecule has 4 aromatic rings. The highest BCUT2D eigenvalue weighted by Gasteiger charge is 2.31. The number of carbonyl (C=O) groups excluding carboxylic acids is 1. The molecule has 2 aliphatic rings. The number of fused-ring (bicyclic) bond motifs is 2. The SMILES string of the molecule is O=C(CC1CSc2nc3c(c(=O)n21)CCC3)Nc1ccccc1Cc1nc(-c2ccncc2)no1. The van der Waals surface area contributed by atoms with Gasteiger partial charge in [-0.3, -0.25) is 19.1 Å². The largest absolute Gasteiger partial charge is 0.339 e. The Kier molecular flexibility index (Phi) is 5.65. The lowest BCUT2D eigenvalue weighted by atomic mass is 10.1. The topological polar surface area (TPSA) is 116 Å². The molecule has 1 N–H and O–H groups in total. The molecule has 1 aliphatic heterocycles. The summed E-state index contributed by atoms with van der Waals surface area (Å²) in [5, 5.41) is 7.80. The number of aryl methyl sites for hydroxylation is 1. The Morgan fingerprint density at radius 3 is 2.89 bits per heavy atom. The van der Waals surface area contributed by atoms with Gasteiger partial charge in [0.25, 0.3) is 5.56 Å². The maximum Gasteiger partial charge on any atom is 0.257 e. The van der Waals surface area contributed by atoms with Gasteiger partial charge in [0, 0.05) is 41.4 Å². The zero-order valence-corrected chi connectivity index (χ0v) is 19.6. The number of aromatic nitrogens is 5. The molecule has 1 aliphatic carbocycles. The van der Waals surface area contributed by atoms with E-state index in [0.717, 1.165) is 46.8 Å². The van der Waals surface area contributed by atoms with Gasteiger partial charge in [0.1, 0.15) is 0 Å². The fourth-order valence-electron chi connectivity index (χ4n) is 4.62. The quantitative estimate of drug-likeness (QED) is 0.412. The summed E-state index contributed by atoms with van der Waals surface area (Å²) < 4.78 is 7.16. The fraction of sp³-hybridized carbons (Fsp3) is 0.280. The molecule has 1 unspecified atom stereocenters. The van der Waals surface area contributed by atoms with Crippen molar-refractivity contribution in [2.75, 3.05) is 11.1 Å². The highest BCUT2D eigenvalue weighted by Crippen LogP contribution is 2.34. The number of amides is 1. The molecule has 1 aromatic carbocycles. The summed E-state index contributed by atoms with van der Waals surface area (Å²) in [6.45, 7) is 0. The van der Waals surface area contributed by atoms with Crippen LogP contribution in [0.2, 0.25) is 0 Å². The molecule has 6 rings (SSSR count). The summed E-state index contributed by atoms with van der Waals surface area (Å²) >= 11 is 1.55. The average molecular weight is 487 g/mol.